The van der Waals surface area contributed by atoms with Crippen molar-refractivity contribution >= 4 is 23.2 Å². The molecule has 1 saturated carbocycles. The summed E-state index contributed by atoms with van der Waals surface area (Å²) in [5, 5.41) is 23.7. The molecule has 1 aromatic rings. The minimum absolute atomic E-state index is 0.0242. The van der Waals surface area contributed by atoms with Gasteiger partial charge in [0.05, 0.1) is 22.5 Å². The number of aromatic nitrogens is 1. The van der Waals surface area contributed by atoms with E-state index in [0.717, 1.165) is 0 Å². The van der Waals surface area contributed by atoms with Crippen molar-refractivity contribution in [3.05, 3.63) is 28.3 Å². The smallest absolute Gasteiger partial charge is 0.325 e. The Balaban J connectivity index is 1.85. The van der Waals surface area contributed by atoms with Crippen molar-refractivity contribution in [2.24, 2.45) is 15.8 Å². The molecule has 30 heavy (non-hydrogen) atoms. The summed E-state index contributed by atoms with van der Waals surface area (Å²) >= 11 is 0. The summed E-state index contributed by atoms with van der Waals surface area (Å²) in [5.74, 6) is -0.970. The van der Waals surface area contributed by atoms with E-state index in [1.54, 1.807) is 0 Å². The second kappa shape index (κ2) is 7.81. The van der Waals surface area contributed by atoms with Crippen molar-refractivity contribution in [3.63, 3.8) is 0 Å². The predicted molar refractivity (Wildman–Crippen MR) is 109 cm³/mol. The molecule has 2 aliphatic rings. The van der Waals surface area contributed by atoms with Gasteiger partial charge in [0, 0.05) is 32.1 Å². The molecule has 2 N–H and O–H groups in total. The first-order valence-electron chi connectivity index (χ1n) is 10.1. The Kier molecular flexibility index (Phi) is 5.71. The number of fused-ring (bicyclic) bond motifs is 1. The SMILES string of the molecule is CC1(C)CC(=O)C(=C(O)CCc2noc3c2C(=O)CC(C)(C)C3)C(=NCC(=O)O)C1. The van der Waals surface area contributed by atoms with Crippen molar-refractivity contribution < 1.29 is 29.1 Å². The number of allylic oxidation sites excluding steroid dienone is 2. The van der Waals surface area contributed by atoms with Crippen LogP contribution in [0.25, 0.3) is 0 Å². The third-order valence-corrected chi connectivity index (χ3v) is 5.54. The minimum atomic E-state index is -1.10. The molecule has 1 aromatic heterocycles. The molecular weight excluding hydrogens is 388 g/mol. The number of carboxylic acids is 1. The fourth-order valence-corrected chi connectivity index (χ4v) is 4.27. The van der Waals surface area contributed by atoms with E-state index < -0.39 is 12.5 Å². The molecule has 0 aliphatic heterocycles. The van der Waals surface area contributed by atoms with Crippen molar-refractivity contribution in [1.29, 1.82) is 0 Å². The summed E-state index contributed by atoms with van der Waals surface area (Å²) in [6.45, 7) is 7.35. The molecule has 0 radical (unpaired) electrons. The van der Waals surface area contributed by atoms with Crippen LogP contribution in [0, 0.1) is 10.8 Å². The monoisotopic (exact) mass is 416 g/mol. The van der Waals surface area contributed by atoms with Gasteiger partial charge >= 0.3 is 5.97 Å². The van der Waals surface area contributed by atoms with Crippen LogP contribution in [-0.4, -0.2) is 45.2 Å². The Labute approximate surface area is 175 Å². The van der Waals surface area contributed by atoms with Crippen LogP contribution >= 0.6 is 0 Å². The van der Waals surface area contributed by atoms with Gasteiger partial charge in [-0.1, -0.05) is 32.9 Å². The molecular formula is C22H28N2O6. The first-order valence-corrected chi connectivity index (χ1v) is 10.1. The number of ketones is 2. The summed E-state index contributed by atoms with van der Waals surface area (Å²) in [6, 6.07) is 0. The molecule has 3 rings (SSSR count). The number of aliphatic hydroxyl groups is 1. The normalized spacial score (nSPS) is 23.4. The molecule has 0 amide bonds. The number of nitrogens with zero attached hydrogens (tertiary/aromatic N) is 2. The molecule has 1 fully saturated rings. The van der Waals surface area contributed by atoms with E-state index in [2.05, 4.69) is 10.1 Å². The van der Waals surface area contributed by atoms with Gasteiger partial charge in [-0.25, -0.2) is 0 Å². The molecule has 162 valence electrons. The quantitative estimate of drug-likeness (QED) is 0.555. The van der Waals surface area contributed by atoms with Gasteiger partial charge in [0.15, 0.2) is 11.6 Å². The number of carbonyl (C=O) groups is 3. The molecule has 2 aliphatic carbocycles. The van der Waals surface area contributed by atoms with E-state index in [4.69, 9.17) is 9.63 Å². The number of hydrogen-bond donors (Lipinski definition) is 2. The van der Waals surface area contributed by atoms with E-state index in [0.29, 0.717) is 42.0 Å². The van der Waals surface area contributed by atoms with Crippen molar-refractivity contribution in [2.45, 2.75) is 66.2 Å². The number of carboxylic acid groups (broad SMARTS) is 1. The van der Waals surface area contributed by atoms with Crippen molar-refractivity contribution in [1.82, 2.24) is 5.16 Å². The third-order valence-electron chi connectivity index (χ3n) is 5.54. The molecule has 0 aromatic carbocycles. The highest BCUT2D eigenvalue weighted by molar-refractivity contribution is 6.24. The number of aliphatic carboxylic acids is 1. The molecule has 0 atom stereocenters. The van der Waals surface area contributed by atoms with Gasteiger partial charge in [0.2, 0.25) is 0 Å². The summed E-state index contributed by atoms with van der Waals surface area (Å²) < 4.78 is 5.38. The van der Waals surface area contributed by atoms with Crippen LogP contribution in [0.15, 0.2) is 20.8 Å². The molecule has 0 saturated heterocycles. The summed E-state index contributed by atoms with van der Waals surface area (Å²) in [5.41, 5.74) is 0.842. The van der Waals surface area contributed by atoms with E-state index in [9.17, 15) is 19.5 Å². The lowest BCUT2D eigenvalue weighted by atomic mass is 9.73. The topological polar surface area (TPSA) is 130 Å². The highest BCUT2D eigenvalue weighted by atomic mass is 16.5. The van der Waals surface area contributed by atoms with Gasteiger partial charge in [-0.2, -0.15) is 0 Å². The Morgan fingerprint density at radius 1 is 1.03 bits per heavy atom. The molecule has 0 bridgehead atoms. The van der Waals surface area contributed by atoms with Gasteiger partial charge in [-0.15, -0.1) is 0 Å². The molecule has 1 heterocycles. The Morgan fingerprint density at radius 2 is 1.67 bits per heavy atom. The Hall–Kier alpha value is -2.77. The van der Waals surface area contributed by atoms with E-state index in [1.165, 1.54) is 0 Å². The zero-order valence-corrected chi connectivity index (χ0v) is 17.9. The second-order valence-electron chi connectivity index (χ2n) is 9.79. The fourth-order valence-electron chi connectivity index (χ4n) is 4.27. The molecule has 0 unspecified atom stereocenters. The highest BCUT2D eigenvalue weighted by Gasteiger charge is 2.38. The summed E-state index contributed by atoms with van der Waals surface area (Å²) in [6.07, 6.45) is 1.99. The largest absolute Gasteiger partial charge is 0.511 e. The Bertz CT molecular complexity index is 964. The van der Waals surface area contributed by atoms with Gasteiger partial charge < -0.3 is 14.7 Å². The van der Waals surface area contributed by atoms with E-state index in [1.807, 2.05) is 27.7 Å². The maximum atomic E-state index is 12.7. The van der Waals surface area contributed by atoms with Crippen LogP contribution in [-0.2, 0) is 22.4 Å². The molecule has 8 nitrogen and oxygen atoms in total. The lowest BCUT2D eigenvalue weighted by Crippen LogP contribution is -2.33. The zero-order valence-electron chi connectivity index (χ0n) is 17.9. The van der Waals surface area contributed by atoms with Crippen LogP contribution < -0.4 is 0 Å². The predicted octanol–water partition coefficient (Wildman–Crippen LogP) is 3.49. The van der Waals surface area contributed by atoms with Gasteiger partial charge in [-0.05, 0) is 17.3 Å². The van der Waals surface area contributed by atoms with Gasteiger partial charge in [0.25, 0.3) is 0 Å². The number of carbonyl (C=O) groups excluding carboxylic acids is 2. The number of Topliss-reactive ketones (excluding diaryl/α,β-unsaturated/α-hetero) is 2. The maximum absolute atomic E-state index is 12.7. The molecule has 8 heteroatoms. The molecule has 0 spiro atoms. The Morgan fingerprint density at radius 3 is 2.33 bits per heavy atom. The van der Waals surface area contributed by atoms with Crippen LogP contribution in [0.5, 0.6) is 0 Å². The van der Waals surface area contributed by atoms with Gasteiger partial charge in [0.1, 0.15) is 18.1 Å². The van der Waals surface area contributed by atoms with E-state index in [-0.39, 0.29) is 53.0 Å². The number of aliphatic imine (C=N–C) groups is 1. The first-order chi connectivity index (χ1) is 13.9. The van der Waals surface area contributed by atoms with Crippen LogP contribution in [0.3, 0.4) is 0 Å². The number of aryl methyl sites for hydroxylation is 1. The number of rotatable bonds is 5. The van der Waals surface area contributed by atoms with Crippen LogP contribution in [0.4, 0.5) is 0 Å². The average molecular weight is 416 g/mol. The lowest BCUT2D eigenvalue weighted by molar-refractivity contribution is -0.135. The number of aliphatic hydroxyl groups excluding tert-OH is 1. The second-order valence-corrected chi connectivity index (χ2v) is 9.79. The lowest BCUT2D eigenvalue weighted by Gasteiger charge is -2.31. The average Bonchev–Trinajstić information content (AvgIpc) is 2.98. The fraction of sp³-hybridized carbons (Fsp3) is 0.591. The van der Waals surface area contributed by atoms with Crippen LogP contribution in [0.2, 0.25) is 0 Å². The summed E-state index contributed by atoms with van der Waals surface area (Å²) in [4.78, 5) is 40.2. The highest BCUT2D eigenvalue weighted by Crippen LogP contribution is 2.38. The standard InChI is InChI=1S/C22H28N2O6/c1-21(2)7-13(23-11-18(28)29)19(15(26)8-21)14(25)6-5-12-20-16(27)9-22(3,4)10-17(20)30-24-12/h25H,5-11H2,1-4H3,(H,28,29). The minimum Gasteiger partial charge on any atom is -0.511 e. The van der Waals surface area contributed by atoms with Crippen molar-refractivity contribution in [2.75, 3.05) is 6.54 Å². The summed E-state index contributed by atoms with van der Waals surface area (Å²) in [7, 11) is 0. The number of hydrogen-bond acceptors (Lipinski definition) is 7. The zero-order chi connectivity index (χ0) is 22.3. The first kappa shape index (κ1) is 21.9. The van der Waals surface area contributed by atoms with Gasteiger partial charge in [-0.3, -0.25) is 19.4 Å². The maximum Gasteiger partial charge on any atom is 0.325 e. The van der Waals surface area contributed by atoms with Crippen molar-refractivity contribution in [3.8, 4) is 0 Å². The van der Waals surface area contributed by atoms with E-state index >= 15 is 0 Å². The third kappa shape index (κ3) is 4.68. The van der Waals surface area contributed by atoms with Crippen LogP contribution in [0.1, 0.15) is 75.2 Å².